The molecule has 0 radical (unpaired) electrons. The summed E-state index contributed by atoms with van der Waals surface area (Å²) >= 11 is 13.1. The molecule has 0 bridgehead atoms. The summed E-state index contributed by atoms with van der Waals surface area (Å²) in [7, 11) is 0. The van der Waals surface area contributed by atoms with Crippen molar-refractivity contribution in [1.82, 2.24) is 14.8 Å². The number of carbonyl (C=O) groups is 1. The molecule has 23 heavy (non-hydrogen) atoms. The highest BCUT2D eigenvalue weighted by Crippen LogP contribution is 2.37. The lowest BCUT2D eigenvalue weighted by Gasteiger charge is -2.13. The number of nitrogens with zero attached hydrogens (tertiary/aromatic N) is 2. The minimum absolute atomic E-state index is 0.199. The van der Waals surface area contributed by atoms with E-state index < -0.39 is 5.25 Å². The maximum absolute atomic E-state index is 12.3. The fraction of sp³-hybridized carbons (Fsp3) is 0.357. The van der Waals surface area contributed by atoms with Crippen molar-refractivity contribution in [3.63, 3.8) is 0 Å². The van der Waals surface area contributed by atoms with Crippen LogP contribution in [0.4, 0.5) is 5.69 Å². The van der Waals surface area contributed by atoms with Gasteiger partial charge in [-0.3, -0.25) is 9.36 Å². The van der Waals surface area contributed by atoms with Gasteiger partial charge in [0.25, 0.3) is 0 Å². The molecule has 1 atom stereocenters. The van der Waals surface area contributed by atoms with Gasteiger partial charge < -0.3 is 5.32 Å². The molecule has 2 N–H and O–H groups in total. The Kier molecular flexibility index (Phi) is 4.70. The average molecular weight is 373 g/mol. The smallest absolute Gasteiger partial charge is 0.324 e. The molecule has 6 nitrogen and oxygen atoms in total. The molecule has 1 aromatic carbocycles. The van der Waals surface area contributed by atoms with E-state index in [4.69, 9.17) is 23.2 Å². The minimum atomic E-state index is -0.436. The fourth-order valence-corrected chi connectivity index (χ4v) is 3.45. The van der Waals surface area contributed by atoms with Crippen molar-refractivity contribution in [3.8, 4) is 0 Å². The molecule has 0 spiro atoms. The van der Waals surface area contributed by atoms with Crippen LogP contribution in [0.1, 0.15) is 25.8 Å². The molecule has 1 aliphatic carbocycles. The highest BCUT2D eigenvalue weighted by Gasteiger charge is 2.30. The van der Waals surface area contributed by atoms with E-state index >= 15 is 0 Å². The van der Waals surface area contributed by atoms with E-state index in [9.17, 15) is 9.59 Å². The molecular weight excluding hydrogens is 359 g/mol. The summed E-state index contributed by atoms with van der Waals surface area (Å²) in [6.07, 6.45) is 1.93. The zero-order valence-electron chi connectivity index (χ0n) is 12.2. The van der Waals surface area contributed by atoms with Gasteiger partial charge in [0.2, 0.25) is 5.91 Å². The van der Waals surface area contributed by atoms with Crippen molar-refractivity contribution >= 4 is 46.6 Å². The van der Waals surface area contributed by atoms with Gasteiger partial charge in [0.15, 0.2) is 5.16 Å². The van der Waals surface area contributed by atoms with E-state index in [0.29, 0.717) is 20.9 Å². The summed E-state index contributed by atoms with van der Waals surface area (Å²) in [5, 5.41) is 10.2. The molecule has 2 aromatic rings. The summed E-state index contributed by atoms with van der Waals surface area (Å²) in [5.41, 5.74) is 0.262. The number of hydrogen-bond donors (Lipinski definition) is 2. The summed E-state index contributed by atoms with van der Waals surface area (Å²) in [6.45, 7) is 1.75. The summed E-state index contributed by atoms with van der Waals surface area (Å²) in [4.78, 5) is 24.1. The number of H-pyrrole nitrogens is 1. The van der Waals surface area contributed by atoms with Gasteiger partial charge in [-0.15, -0.1) is 5.10 Å². The normalized spacial score (nSPS) is 15.4. The number of halogens is 2. The van der Waals surface area contributed by atoms with E-state index in [-0.39, 0.29) is 17.6 Å². The number of amides is 1. The molecule has 0 saturated heterocycles. The van der Waals surface area contributed by atoms with Crippen LogP contribution in [0.3, 0.4) is 0 Å². The Morgan fingerprint density at radius 2 is 2.22 bits per heavy atom. The Morgan fingerprint density at radius 3 is 2.87 bits per heavy atom. The number of aromatic amines is 1. The van der Waals surface area contributed by atoms with Crippen LogP contribution in [0.15, 0.2) is 28.2 Å². The number of thioether (sulfide) groups is 1. The largest absolute Gasteiger partial charge is 0.344 e. The number of anilines is 1. The Hall–Kier alpha value is -1.44. The van der Waals surface area contributed by atoms with Crippen LogP contribution in [0, 0.1) is 0 Å². The maximum Gasteiger partial charge on any atom is 0.344 e. The first-order valence-corrected chi connectivity index (χ1v) is 8.68. The lowest BCUT2D eigenvalue weighted by molar-refractivity contribution is -0.115. The Morgan fingerprint density at radius 1 is 1.48 bits per heavy atom. The molecule has 1 aliphatic rings. The van der Waals surface area contributed by atoms with Gasteiger partial charge in [-0.25, -0.2) is 9.89 Å². The van der Waals surface area contributed by atoms with Crippen LogP contribution in [0.25, 0.3) is 0 Å². The maximum atomic E-state index is 12.3. The van der Waals surface area contributed by atoms with Gasteiger partial charge >= 0.3 is 5.69 Å². The Balaban J connectivity index is 1.69. The molecule has 1 heterocycles. The van der Waals surface area contributed by atoms with Gasteiger partial charge in [0, 0.05) is 11.1 Å². The number of nitrogens with one attached hydrogen (secondary N) is 2. The van der Waals surface area contributed by atoms with E-state index in [1.54, 1.807) is 29.7 Å². The molecule has 122 valence electrons. The third kappa shape index (κ3) is 3.73. The monoisotopic (exact) mass is 372 g/mol. The van der Waals surface area contributed by atoms with Gasteiger partial charge in [-0.1, -0.05) is 35.0 Å². The molecule has 1 aromatic heterocycles. The third-order valence-electron chi connectivity index (χ3n) is 3.42. The molecule has 3 rings (SSSR count). The molecule has 1 fully saturated rings. The highest BCUT2D eigenvalue weighted by molar-refractivity contribution is 8.00. The first kappa shape index (κ1) is 16.4. The van der Waals surface area contributed by atoms with Crippen molar-refractivity contribution in [3.05, 3.63) is 38.7 Å². The van der Waals surface area contributed by atoms with Gasteiger partial charge in [0.1, 0.15) is 0 Å². The summed E-state index contributed by atoms with van der Waals surface area (Å²) < 4.78 is 1.61. The van der Waals surface area contributed by atoms with Crippen LogP contribution in [-0.4, -0.2) is 25.9 Å². The lowest BCUT2D eigenvalue weighted by atomic mass is 10.3. The van der Waals surface area contributed by atoms with Crippen LogP contribution in [0.5, 0.6) is 0 Å². The number of rotatable bonds is 5. The number of carbonyl (C=O) groups excluding carboxylic acids is 1. The first-order valence-electron chi connectivity index (χ1n) is 7.05. The second-order valence-electron chi connectivity index (χ2n) is 5.29. The molecule has 9 heteroatoms. The van der Waals surface area contributed by atoms with E-state index in [1.807, 2.05) is 0 Å². The number of aromatic nitrogens is 3. The Labute approximate surface area is 146 Å². The zero-order chi connectivity index (χ0) is 16.6. The SMILES string of the molecule is C[C@H](Sc1n[nH]c(=O)n1C1CC1)C(=O)Nc1ccc(Cl)cc1Cl. The second-order valence-corrected chi connectivity index (χ2v) is 7.44. The van der Waals surface area contributed by atoms with Gasteiger partial charge in [-0.2, -0.15) is 0 Å². The standard InChI is InChI=1S/C14H14Cl2N4O2S/c1-7(12(21)17-11-5-2-8(15)6-10(11)16)23-14-19-18-13(22)20(14)9-3-4-9/h2,5-7,9H,3-4H2,1H3,(H,17,21)(H,18,22)/t7-/m0/s1. The highest BCUT2D eigenvalue weighted by atomic mass is 35.5. The van der Waals surface area contributed by atoms with Crippen molar-refractivity contribution < 1.29 is 4.79 Å². The quantitative estimate of drug-likeness (QED) is 0.788. The topological polar surface area (TPSA) is 79.8 Å². The van der Waals surface area contributed by atoms with Crippen LogP contribution in [0.2, 0.25) is 10.0 Å². The zero-order valence-corrected chi connectivity index (χ0v) is 14.5. The fourth-order valence-electron chi connectivity index (χ4n) is 2.06. The van der Waals surface area contributed by atoms with Gasteiger partial charge in [0.05, 0.1) is 16.0 Å². The molecule has 1 amide bonds. The third-order valence-corrected chi connectivity index (χ3v) is 5.04. The summed E-state index contributed by atoms with van der Waals surface area (Å²) in [5.74, 6) is -0.225. The van der Waals surface area contributed by atoms with E-state index in [2.05, 4.69) is 15.5 Å². The number of hydrogen-bond acceptors (Lipinski definition) is 4. The second kappa shape index (κ2) is 6.59. The summed E-state index contributed by atoms with van der Waals surface area (Å²) in [6, 6.07) is 5.06. The molecule has 0 unspecified atom stereocenters. The van der Waals surface area contributed by atoms with Crippen molar-refractivity contribution in [2.24, 2.45) is 0 Å². The van der Waals surface area contributed by atoms with Crippen molar-refractivity contribution in [2.75, 3.05) is 5.32 Å². The Bertz CT molecular complexity index is 800. The van der Waals surface area contributed by atoms with Crippen molar-refractivity contribution in [1.29, 1.82) is 0 Å². The van der Waals surface area contributed by atoms with E-state index in [0.717, 1.165) is 12.8 Å². The predicted molar refractivity (Wildman–Crippen MR) is 91.5 cm³/mol. The molecular formula is C14H14Cl2N4O2S. The van der Waals surface area contributed by atoms with E-state index in [1.165, 1.54) is 11.8 Å². The van der Waals surface area contributed by atoms with Crippen LogP contribution >= 0.6 is 35.0 Å². The predicted octanol–water partition coefficient (Wildman–Crippen LogP) is 3.33. The first-order chi connectivity index (χ1) is 11.0. The molecule has 1 saturated carbocycles. The average Bonchev–Trinajstić information content (AvgIpc) is 3.26. The van der Waals surface area contributed by atoms with Crippen molar-refractivity contribution in [2.45, 2.75) is 36.2 Å². The minimum Gasteiger partial charge on any atom is -0.324 e. The van der Waals surface area contributed by atoms with Gasteiger partial charge in [-0.05, 0) is 38.0 Å². The molecule has 0 aliphatic heterocycles. The van der Waals surface area contributed by atoms with Crippen LogP contribution < -0.4 is 11.0 Å². The van der Waals surface area contributed by atoms with Crippen LogP contribution in [-0.2, 0) is 4.79 Å². The lowest BCUT2D eigenvalue weighted by Crippen LogP contribution is -2.24. The number of benzene rings is 1.